The van der Waals surface area contributed by atoms with Crippen molar-refractivity contribution in [2.45, 2.75) is 19.4 Å². The molecule has 5 rings (SSSR count). The molecule has 0 spiro atoms. The zero-order valence-electron chi connectivity index (χ0n) is 16.5. The average Bonchev–Trinajstić information content (AvgIpc) is 3.45. The summed E-state index contributed by atoms with van der Waals surface area (Å²) in [5.41, 5.74) is 2.90. The maximum Gasteiger partial charge on any atom is 0.264 e. The number of halogens is 1. The van der Waals surface area contributed by atoms with E-state index in [1.54, 1.807) is 0 Å². The minimum absolute atomic E-state index is 0.0885. The molecule has 30 heavy (non-hydrogen) atoms. The first-order valence-electron chi connectivity index (χ1n) is 9.94. The molecule has 2 aromatic heterocycles. The molecule has 1 unspecified atom stereocenters. The molecule has 3 heterocycles. The lowest BCUT2D eigenvalue weighted by molar-refractivity contribution is 0.0796. The van der Waals surface area contributed by atoms with E-state index in [1.807, 2.05) is 65.0 Å². The van der Waals surface area contributed by atoms with E-state index in [-0.39, 0.29) is 11.9 Å². The summed E-state index contributed by atoms with van der Waals surface area (Å²) in [5, 5.41) is 9.86. The van der Waals surface area contributed by atoms with Crippen molar-refractivity contribution in [3.63, 3.8) is 0 Å². The highest BCUT2D eigenvalue weighted by molar-refractivity contribution is 7.20. The van der Waals surface area contributed by atoms with Gasteiger partial charge >= 0.3 is 0 Å². The van der Waals surface area contributed by atoms with Crippen LogP contribution in [-0.4, -0.2) is 39.7 Å². The Morgan fingerprint density at radius 1 is 1.17 bits per heavy atom. The maximum absolute atomic E-state index is 13.2. The summed E-state index contributed by atoms with van der Waals surface area (Å²) in [6, 6.07) is 20.0. The molecule has 1 saturated heterocycles. The molecule has 1 amide bonds. The van der Waals surface area contributed by atoms with E-state index in [2.05, 4.69) is 22.5 Å². The van der Waals surface area contributed by atoms with Gasteiger partial charge in [-0.15, -0.1) is 11.3 Å². The minimum atomic E-state index is 0.0885. The van der Waals surface area contributed by atoms with Gasteiger partial charge in [0.15, 0.2) is 0 Å². The summed E-state index contributed by atoms with van der Waals surface area (Å²) in [7, 11) is 0. The van der Waals surface area contributed by atoms with Gasteiger partial charge in [0.1, 0.15) is 4.83 Å². The third kappa shape index (κ3) is 3.57. The van der Waals surface area contributed by atoms with Crippen molar-refractivity contribution in [1.82, 2.24) is 14.7 Å². The number of fused-ring (bicyclic) bond motifs is 1. The van der Waals surface area contributed by atoms with Gasteiger partial charge in [0, 0.05) is 35.2 Å². The normalized spacial score (nSPS) is 16.3. The van der Waals surface area contributed by atoms with E-state index in [4.69, 9.17) is 11.6 Å². The Morgan fingerprint density at radius 3 is 2.80 bits per heavy atom. The Hall–Kier alpha value is -2.83. The lowest BCUT2D eigenvalue weighted by atomic mass is 10.2. The Labute approximate surface area is 183 Å². The first-order chi connectivity index (χ1) is 14.6. The van der Waals surface area contributed by atoms with Crippen LogP contribution in [0, 0.1) is 6.92 Å². The summed E-state index contributed by atoms with van der Waals surface area (Å²) in [5.74, 6) is 0.0885. The summed E-state index contributed by atoms with van der Waals surface area (Å²) < 4.78 is 1.88. The van der Waals surface area contributed by atoms with Crippen molar-refractivity contribution in [1.29, 1.82) is 0 Å². The van der Waals surface area contributed by atoms with Crippen LogP contribution in [0.2, 0.25) is 5.02 Å². The van der Waals surface area contributed by atoms with Crippen LogP contribution in [0.4, 0.5) is 5.69 Å². The van der Waals surface area contributed by atoms with Gasteiger partial charge in [-0.3, -0.25) is 4.79 Å². The van der Waals surface area contributed by atoms with Crippen LogP contribution in [0.1, 0.15) is 21.8 Å². The highest BCUT2D eigenvalue weighted by Crippen LogP contribution is 2.32. The molecule has 2 aromatic carbocycles. The van der Waals surface area contributed by atoms with Crippen molar-refractivity contribution in [3.05, 3.63) is 76.3 Å². The Bertz CT molecular complexity index is 1220. The molecular weight excluding hydrogens is 416 g/mol. The zero-order chi connectivity index (χ0) is 20.7. The van der Waals surface area contributed by atoms with E-state index >= 15 is 0 Å². The molecule has 7 heteroatoms. The van der Waals surface area contributed by atoms with Gasteiger partial charge in [0.25, 0.3) is 5.91 Å². The van der Waals surface area contributed by atoms with Gasteiger partial charge in [0.05, 0.1) is 16.3 Å². The second-order valence-electron chi connectivity index (χ2n) is 7.55. The first kappa shape index (κ1) is 19.2. The second kappa shape index (κ2) is 7.78. The Balaban J connectivity index is 1.37. The second-order valence-corrected chi connectivity index (χ2v) is 9.02. The number of thiophene rings is 1. The molecule has 1 N–H and O–H groups in total. The van der Waals surface area contributed by atoms with Gasteiger partial charge in [-0.1, -0.05) is 35.9 Å². The number of aromatic nitrogens is 2. The van der Waals surface area contributed by atoms with Crippen LogP contribution < -0.4 is 5.32 Å². The highest BCUT2D eigenvalue weighted by Gasteiger charge is 2.28. The van der Waals surface area contributed by atoms with Gasteiger partial charge in [-0.25, -0.2) is 4.68 Å². The lowest BCUT2D eigenvalue weighted by Crippen LogP contribution is -2.31. The fourth-order valence-electron chi connectivity index (χ4n) is 3.92. The zero-order valence-corrected chi connectivity index (χ0v) is 18.1. The van der Waals surface area contributed by atoms with Crippen molar-refractivity contribution in [2.24, 2.45) is 0 Å². The number of hydrogen-bond donors (Lipinski definition) is 1. The molecule has 1 aliphatic heterocycles. The largest absolute Gasteiger partial charge is 0.380 e. The topological polar surface area (TPSA) is 50.2 Å². The number of likely N-dealkylation sites (tertiary alicyclic amines) is 1. The number of para-hydroxylation sites is 1. The number of hydrogen-bond acceptors (Lipinski definition) is 4. The number of amides is 1. The fraction of sp³-hybridized carbons (Fsp3) is 0.217. The average molecular weight is 437 g/mol. The van der Waals surface area contributed by atoms with Gasteiger partial charge in [-0.05, 0) is 49.7 Å². The van der Waals surface area contributed by atoms with E-state index < -0.39 is 0 Å². The molecule has 5 nitrogen and oxygen atoms in total. The van der Waals surface area contributed by atoms with Crippen molar-refractivity contribution < 1.29 is 4.79 Å². The number of nitrogens with one attached hydrogen (secondary N) is 1. The third-order valence-electron chi connectivity index (χ3n) is 5.43. The number of carbonyl (C=O) groups excluding carboxylic acids is 1. The number of nitrogens with zero attached hydrogens (tertiary/aromatic N) is 3. The molecule has 152 valence electrons. The predicted molar refractivity (Wildman–Crippen MR) is 123 cm³/mol. The van der Waals surface area contributed by atoms with Crippen molar-refractivity contribution >= 4 is 44.7 Å². The monoisotopic (exact) mass is 436 g/mol. The molecule has 1 aliphatic rings. The number of carbonyl (C=O) groups is 1. The van der Waals surface area contributed by atoms with Gasteiger partial charge < -0.3 is 10.2 Å². The number of aryl methyl sites for hydroxylation is 1. The third-order valence-corrected chi connectivity index (χ3v) is 6.76. The highest BCUT2D eigenvalue weighted by atomic mass is 35.5. The fourth-order valence-corrected chi connectivity index (χ4v) is 5.26. The van der Waals surface area contributed by atoms with Crippen LogP contribution in [0.5, 0.6) is 0 Å². The number of anilines is 1. The van der Waals surface area contributed by atoms with E-state index in [0.29, 0.717) is 11.6 Å². The summed E-state index contributed by atoms with van der Waals surface area (Å²) in [6.45, 7) is 3.44. The van der Waals surface area contributed by atoms with Crippen LogP contribution in [0.15, 0.2) is 60.7 Å². The SMILES string of the molecule is Cc1nn(-c2cccc(Cl)c2)c2sc(C(=O)N3CCC(Nc4ccccc4)C3)cc12. The molecule has 1 fully saturated rings. The summed E-state index contributed by atoms with van der Waals surface area (Å²) >= 11 is 7.65. The van der Waals surface area contributed by atoms with Crippen LogP contribution >= 0.6 is 22.9 Å². The maximum atomic E-state index is 13.2. The minimum Gasteiger partial charge on any atom is -0.380 e. The molecule has 4 aromatic rings. The van der Waals surface area contributed by atoms with Crippen LogP contribution in [0.3, 0.4) is 0 Å². The van der Waals surface area contributed by atoms with E-state index in [1.165, 1.54) is 11.3 Å². The smallest absolute Gasteiger partial charge is 0.264 e. The molecule has 1 atom stereocenters. The number of rotatable bonds is 4. The molecule has 0 aliphatic carbocycles. The molecular formula is C23H21ClN4OS. The van der Waals surface area contributed by atoms with Crippen molar-refractivity contribution in [3.8, 4) is 5.69 Å². The van der Waals surface area contributed by atoms with E-state index in [0.717, 1.165) is 45.1 Å². The van der Waals surface area contributed by atoms with Gasteiger partial charge in [-0.2, -0.15) is 5.10 Å². The Morgan fingerprint density at radius 2 is 2.00 bits per heavy atom. The molecule has 0 saturated carbocycles. The predicted octanol–water partition coefficient (Wildman–Crippen LogP) is 5.38. The van der Waals surface area contributed by atoms with Crippen molar-refractivity contribution in [2.75, 3.05) is 18.4 Å². The number of benzene rings is 2. The standard InChI is InChI=1S/C23H21ClN4OS/c1-15-20-13-21(30-23(20)28(26-15)19-9-5-6-16(24)12-19)22(29)27-11-10-18(14-27)25-17-7-3-2-4-8-17/h2-9,12-13,18,25H,10-11,14H2,1H3. The summed E-state index contributed by atoms with van der Waals surface area (Å²) in [6.07, 6.45) is 0.945. The van der Waals surface area contributed by atoms with Crippen LogP contribution in [-0.2, 0) is 0 Å². The van der Waals surface area contributed by atoms with Crippen LogP contribution in [0.25, 0.3) is 15.9 Å². The van der Waals surface area contributed by atoms with Gasteiger partial charge in [0.2, 0.25) is 0 Å². The lowest BCUT2D eigenvalue weighted by Gasteiger charge is -2.17. The van der Waals surface area contributed by atoms with E-state index in [9.17, 15) is 4.79 Å². The Kier molecular flexibility index (Phi) is 4.97. The summed E-state index contributed by atoms with van der Waals surface area (Å²) in [4.78, 5) is 16.8. The quantitative estimate of drug-likeness (QED) is 0.467. The first-order valence-corrected chi connectivity index (χ1v) is 11.1. The molecule has 0 radical (unpaired) electrons. The molecule has 0 bridgehead atoms.